The van der Waals surface area contributed by atoms with Gasteiger partial charge in [0, 0.05) is 3.57 Å². The maximum absolute atomic E-state index is 12.0. The van der Waals surface area contributed by atoms with E-state index in [1.807, 2.05) is 36.4 Å². The molecule has 0 saturated carbocycles. The lowest BCUT2D eigenvalue weighted by molar-refractivity contribution is -0.129. The van der Waals surface area contributed by atoms with E-state index in [4.69, 9.17) is 4.74 Å². The summed E-state index contributed by atoms with van der Waals surface area (Å²) in [6.07, 6.45) is 1.76. The summed E-state index contributed by atoms with van der Waals surface area (Å²) in [7, 11) is 0. The van der Waals surface area contributed by atoms with Gasteiger partial charge in [-0.1, -0.05) is 50.2 Å². The number of cyclic esters (lactones) is 1. The summed E-state index contributed by atoms with van der Waals surface area (Å²) in [6.45, 7) is 4.31. The number of hydrogen-bond donors (Lipinski definition) is 0. The highest BCUT2D eigenvalue weighted by molar-refractivity contribution is 14.1. The standard InChI is InChI=1S/C19H16INO2/c1-12(2)14-9-7-13(8-10-14)11-17-19(22)23-18(21-17)15-5-3-4-6-16(15)20/h3-12H,1-2H3. The lowest BCUT2D eigenvalue weighted by Crippen LogP contribution is -2.06. The maximum Gasteiger partial charge on any atom is 0.363 e. The van der Waals surface area contributed by atoms with Gasteiger partial charge < -0.3 is 4.74 Å². The summed E-state index contributed by atoms with van der Waals surface area (Å²) in [5, 5.41) is 0. The molecule has 0 N–H and O–H groups in total. The Hall–Kier alpha value is -1.95. The number of halogens is 1. The summed E-state index contributed by atoms with van der Waals surface area (Å²) in [5.74, 6) is 0.440. The number of benzene rings is 2. The molecule has 0 atom stereocenters. The molecule has 116 valence electrons. The molecule has 1 aliphatic rings. The predicted molar refractivity (Wildman–Crippen MR) is 100 cm³/mol. The largest absolute Gasteiger partial charge is 0.402 e. The number of ether oxygens (including phenoxy) is 1. The third-order valence-electron chi connectivity index (χ3n) is 3.63. The van der Waals surface area contributed by atoms with Crippen molar-refractivity contribution in [2.45, 2.75) is 19.8 Å². The minimum Gasteiger partial charge on any atom is -0.402 e. The van der Waals surface area contributed by atoms with E-state index in [-0.39, 0.29) is 0 Å². The Labute approximate surface area is 149 Å². The van der Waals surface area contributed by atoms with E-state index in [2.05, 4.69) is 53.6 Å². The number of carbonyl (C=O) groups excluding carboxylic acids is 1. The first-order valence-corrected chi connectivity index (χ1v) is 8.50. The van der Waals surface area contributed by atoms with Crippen LogP contribution in [0.2, 0.25) is 0 Å². The highest BCUT2D eigenvalue weighted by atomic mass is 127. The van der Waals surface area contributed by atoms with Gasteiger partial charge in [-0.3, -0.25) is 0 Å². The monoisotopic (exact) mass is 417 g/mol. The van der Waals surface area contributed by atoms with Crippen molar-refractivity contribution in [3.63, 3.8) is 0 Å². The first-order chi connectivity index (χ1) is 11.0. The summed E-state index contributed by atoms with van der Waals surface area (Å²) >= 11 is 2.21. The van der Waals surface area contributed by atoms with Crippen LogP contribution in [0.5, 0.6) is 0 Å². The number of hydrogen-bond acceptors (Lipinski definition) is 3. The highest BCUT2D eigenvalue weighted by Crippen LogP contribution is 2.22. The van der Waals surface area contributed by atoms with Crippen LogP contribution in [0.15, 0.2) is 59.2 Å². The number of carbonyl (C=O) groups is 1. The second-order valence-corrected chi connectivity index (χ2v) is 6.80. The van der Waals surface area contributed by atoms with E-state index < -0.39 is 5.97 Å². The maximum atomic E-state index is 12.0. The normalized spacial score (nSPS) is 15.9. The third kappa shape index (κ3) is 3.52. The van der Waals surface area contributed by atoms with Gasteiger partial charge in [0.2, 0.25) is 5.90 Å². The average molecular weight is 417 g/mol. The number of esters is 1. The SMILES string of the molecule is CC(C)c1ccc(C=C2N=C(c3ccccc3I)OC2=O)cc1. The van der Waals surface area contributed by atoms with Crippen molar-refractivity contribution in [1.82, 2.24) is 0 Å². The minimum absolute atomic E-state index is 0.331. The molecule has 0 unspecified atom stereocenters. The van der Waals surface area contributed by atoms with Crippen molar-refractivity contribution in [3.8, 4) is 0 Å². The summed E-state index contributed by atoms with van der Waals surface area (Å²) < 4.78 is 6.31. The Morgan fingerprint density at radius 2 is 1.78 bits per heavy atom. The van der Waals surface area contributed by atoms with E-state index in [1.165, 1.54) is 5.56 Å². The molecule has 0 radical (unpaired) electrons. The molecule has 0 aliphatic carbocycles. The Morgan fingerprint density at radius 3 is 2.43 bits per heavy atom. The van der Waals surface area contributed by atoms with Crippen LogP contribution in [-0.2, 0) is 9.53 Å². The molecule has 1 heterocycles. The Bertz CT molecular complexity index is 804. The summed E-state index contributed by atoms with van der Waals surface area (Å²) in [5.41, 5.74) is 3.37. The smallest absolute Gasteiger partial charge is 0.363 e. The first kappa shape index (κ1) is 15.9. The van der Waals surface area contributed by atoms with Crippen molar-refractivity contribution in [2.75, 3.05) is 0 Å². The van der Waals surface area contributed by atoms with Gasteiger partial charge in [-0.15, -0.1) is 0 Å². The van der Waals surface area contributed by atoms with Gasteiger partial charge in [0.25, 0.3) is 0 Å². The number of aliphatic imine (C=N–C) groups is 1. The van der Waals surface area contributed by atoms with Crippen LogP contribution in [0, 0.1) is 3.57 Å². The zero-order valence-corrected chi connectivity index (χ0v) is 15.1. The van der Waals surface area contributed by atoms with Crippen molar-refractivity contribution >= 4 is 40.5 Å². The van der Waals surface area contributed by atoms with Gasteiger partial charge in [0.15, 0.2) is 5.70 Å². The average Bonchev–Trinajstić information content (AvgIpc) is 2.89. The fourth-order valence-corrected chi connectivity index (χ4v) is 2.91. The lowest BCUT2D eigenvalue weighted by Gasteiger charge is -2.04. The molecule has 3 nitrogen and oxygen atoms in total. The third-order valence-corrected chi connectivity index (χ3v) is 4.57. The summed E-state index contributed by atoms with van der Waals surface area (Å²) in [4.78, 5) is 16.4. The zero-order chi connectivity index (χ0) is 16.4. The van der Waals surface area contributed by atoms with Gasteiger partial charge in [0.1, 0.15) is 0 Å². The van der Waals surface area contributed by atoms with Gasteiger partial charge >= 0.3 is 5.97 Å². The van der Waals surface area contributed by atoms with Crippen LogP contribution >= 0.6 is 22.6 Å². The fraction of sp³-hybridized carbons (Fsp3) is 0.158. The molecule has 0 aromatic heterocycles. The van der Waals surface area contributed by atoms with Gasteiger partial charge in [-0.05, 0) is 57.8 Å². The van der Waals surface area contributed by atoms with Crippen molar-refractivity contribution in [2.24, 2.45) is 4.99 Å². The van der Waals surface area contributed by atoms with E-state index in [0.29, 0.717) is 17.5 Å². The second-order valence-electron chi connectivity index (χ2n) is 5.64. The molecule has 0 spiro atoms. The van der Waals surface area contributed by atoms with Crippen LogP contribution in [0.25, 0.3) is 6.08 Å². The molecule has 2 aromatic carbocycles. The van der Waals surface area contributed by atoms with Crippen LogP contribution < -0.4 is 0 Å². The first-order valence-electron chi connectivity index (χ1n) is 7.42. The van der Waals surface area contributed by atoms with E-state index in [9.17, 15) is 4.79 Å². The highest BCUT2D eigenvalue weighted by Gasteiger charge is 2.25. The van der Waals surface area contributed by atoms with Crippen molar-refractivity contribution in [3.05, 3.63) is 74.5 Å². The molecule has 23 heavy (non-hydrogen) atoms. The van der Waals surface area contributed by atoms with Crippen LogP contribution in [0.3, 0.4) is 0 Å². The molecule has 2 aromatic rings. The quantitative estimate of drug-likeness (QED) is 0.411. The van der Waals surface area contributed by atoms with Crippen LogP contribution in [0.1, 0.15) is 36.5 Å². The molecule has 1 aliphatic heterocycles. The van der Waals surface area contributed by atoms with Crippen molar-refractivity contribution in [1.29, 1.82) is 0 Å². The van der Waals surface area contributed by atoms with E-state index >= 15 is 0 Å². The zero-order valence-electron chi connectivity index (χ0n) is 12.9. The minimum atomic E-state index is -0.410. The Morgan fingerprint density at radius 1 is 1.09 bits per heavy atom. The molecule has 0 fully saturated rings. The topological polar surface area (TPSA) is 38.7 Å². The number of nitrogens with zero attached hydrogens (tertiary/aromatic N) is 1. The Balaban J connectivity index is 1.90. The summed E-state index contributed by atoms with van der Waals surface area (Å²) in [6, 6.07) is 15.8. The van der Waals surface area contributed by atoms with Crippen LogP contribution in [-0.4, -0.2) is 11.9 Å². The van der Waals surface area contributed by atoms with E-state index in [0.717, 1.165) is 14.7 Å². The molecule has 0 bridgehead atoms. The number of rotatable bonds is 3. The molecule has 3 rings (SSSR count). The Kier molecular flexibility index (Phi) is 4.61. The fourth-order valence-electron chi connectivity index (χ4n) is 2.29. The predicted octanol–water partition coefficient (Wildman–Crippen LogP) is 4.76. The molecule has 0 amide bonds. The molecule has 4 heteroatoms. The molecular formula is C19H16INO2. The molecular weight excluding hydrogens is 401 g/mol. The second kappa shape index (κ2) is 6.66. The van der Waals surface area contributed by atoms with Gasteiger partial charge in [-0.2, -0.15) is 0 Å². The van der Waals surface area contributed by atoms with Gasteiger partial charge in [-0.25, -0.2) is 9.79 Å². The van der Waals surface area contributed by atoms with Crippen LogP contribution in [0.4, 0.5) is 0 Å². The van der Waals surface area contributed by atoms with Gasteiger partial charge in [0.05, 0.1) is 5.56 Å². The van der Waals surface area contributed by atoms with E-state index in [1.54, 1.807) is 6.08 Å². The lowest BCUT2D eigenvalue weighted by atomic mass is 10.0. The van der Waals surface area contributed by atoms with Crippen molar-refractivity contribution < 1.29 is 9.53 Å². The molecule has 0 saturated heterocycles.